The molecule has 4 aromatic carbocycles. The van der Waals surface area contributed by atoms with Gasteiger partial charge in [-0.25, -0.2) is 0 Å². The molecule has 32 heavy (non-hydrogen) atoms. The summed E-state index contributed by atoms with van der Waals surface area (Å²) < 4.78 is 8.28. The molecule has 0 atom stereocenters. The second-order valence-corrected chi connectivity index (χ2v) is 14.6. The number of rotatable bonds is 3. The third-order valence-electron chi connectivity index (χ3n) is 4.86. The van der Waals surface area contributed by atoms with Crippen LogP contribution in [0.5, 0.6) is 5.75 Å². The average Bonchev–Trinajstić information content (AvgIpc) is 2.88. The third-order valence-corrected chi connectivity index (χ3v) is 12.6. The second-order valence-electron chi connectivity index (χ2n) is 7.02. The van der Waals surface area contributed by atoms with E-state index in [-0.39, 0.29) is 11.5 Å². The zero-order valence-electron chi connectivity index (χ0n) is 17.1. The molecule has 0 unspecified atom stereocenters. The molecular formula is C27H20ClO3Sn. The molecule has 0 aliphatic rings. The molecule has 1 radical (unpaired) electrons. The van der Waals surface area contributed by atoms with E-state index in [0.717, 1.165) is 0 Å². The minimum atomic E-state index is -2.03. The summed E-state index contributed by atoms with van der Waals surface area (Å²) in [5.41, 5.74) is 0.743. The fourth-order valence-electron chi connectivity index (χ4n) is 3.25. The molecule has 0 aliphatic heterocycles. The van der Waals surface area contributed by atoms with Crippen LogP contribution in [0.2, 0.25) is 0 Å². The van der Waals surface area contributed by atoms with Crippen molar-refractivity contribution in [2.75, 3.05) is 0 Å². The number of fused-ring (bicyclic) bond motifs is 1. The molecule has 0 saturated heterocycles. The van der Waals surface area contributed by atoms with E-state index >= 15 is 0 Å². The first-order valence-corrected chi connectivity index (χ1v) is 16.6. The van der Waals surface area contributed by atoms with Crippen molar-refractivity contribution in [1.29, 1.82) is 0 Å². The number of halogens is 1. The van der Waals surface area contributed by atoms with Gasteiger partial charge < -0.3 is 9.52 Å². The Balaban J connectivity index is 0.000000158. The van der Waals surface area contributed by atoms with Gasteiger partial charge in [0, 0.05) is 5.56 Å². The van der Waals surface area contributed by atoms with Crippen LogP contribution in [0.3, 0.4) is 0 Å². The second kappa shape index (κ2) is 10.5. The molecule has 1 aromatic heterocycles. The molecule has 5 heteroatoms. The van der Waals surface area contributed by atoms with Gasteiger partial charge in [-0.3, -0.25) is 4.79 Å². The Hall–Kier alpha value is -3.02. The molecule has 1 heterocycles. The monoisotopic (exact) mass is 547 g/mol. The van der Waals surface area contributed by atoms with E-state index in [9.17, 15) is 9.90 Å². The summed E-state index contributed by atoms with van der Waals surface area (Å²) in [7, 11) is 6.53. The number of hydrogen-bond donors (Lipinski definition) is 1. The van der Waals surface area contributed by atoms with Crippen LogP contribution >= 0.6 is 8.92 Å². The van der Waals surface area contributed by atoms with Crippen molar-refractivity contribution in [3.63, 3.8) is 0 Å². The Morgan fingerprint density at radius 2 is 1.12 bits per heavy atom. The molecule has 0 bridgehead atoms. The van der Waals surface area contributed by atoms with E-state index in [1.165, 1.54) is 7.16 Å². The van der Waals surface area contributed by atoms with Crippen molar-refractivity contribution in [2.24, 2.45) is 0 Å². The van der Waals surface area contributed by atoms with Crippen LogP contribution in [0, 0.1) is 0 Å². The summed E-state index contributed by atoms with van der Waals surface area (Å²) in [6, 6.07) is 36.8. The van der Waals surface area contributed by atoms with Crippen LogP contribution in [-0.4, -0.2) is 23.7 Å². The third kappa shape index (κ3) is 5.06. The SMILES string of the molecule is O=c1c(O)c(-c2ccccc2)oc2ccccc12.[Cl][Sn]([c]1ccccc1)[c]1ccccc1. The molecule has 5 rings (SSSR count). The molecule has 0 saturated carbocycles. The van der Waals surface area contributed by atoms with Gasteiger partial charge in [-0.15, -0.1) is 0 Å². The fraction of sp³-hybridized carbons (Fsp3) is 0. The summed E-state index contributed by atoms with van der Waals surface area (Å²) in [5.74, 6) is -0.140. The molecule has 0 fully saturated rings. The van der Waals surface area contributed by atoms with E-state index in [1.54, 1.807) is 36.4 Å². The molecule has 157 valence electrons. The van der Waals surface area contributed by atoms with Gasteiger partial charge in [-0.1, -0.05) is 42.5 Å². The van der Waals surface area contributed by atoms with Gasteiger partial charge in [-0.2, -0.15) is 0 Å². The summed E-state index contributed by atoms with van der Waals surface area (Å²) >= 11 is -2.03. The van der Waals surface area contributed by atoms with Gasteiger partial charge >= 0.3 is 95.4 Å². The van der Waals surface area contributed by atoms with E-state index in [2.05, 4.69) is 48.5 Å². The summed E-state index contributed by atoms with van der Waals surface area (Å²) in [5, 5.41) is 10.3. The van der Waals surface area contributed by atoms with Gasteiger partial charge in [0.1, 0.15) is 5.58 Å². The van der Waals surface area contributed by atoms with Crippen LogP contribution in [0.1, 0.15) is 0 Å². The van der Waals surface area contributed by atoms with Gasteiger partial charge in [0.05, 0.1) is 5.39 Å². The van der Waals surface area contributed by atoms with Crippen LogP contribution in [-0.2, 0) is 0 Å². The molecule has 0 aliphatic carbocycles. The van der Waals surface area contributed by atoms with Crippen molar-refractivity contribution in [1.82, 2.24) is 0 Å². The van der Waals surface area contributed by atoms with E-state index in [4.69, 9.17) is 13.3 Å². The summed E-state index contributed by atoms with van der Waals surface area (Å²) in [6.07, 6.45) is 0. The van der Waals surface area contributed by atoms with Crippen molar-refractivity contribution in [3.8, 4) is 17.1 Å². The molecule has 1 N–H and O–H groups in total. The van der Waals surface area contributed by atoms with Crippen LogP contribution in [0.15, 0.2) is 124 Å². The minimum absolute atomic E-state index is 0.208. The van der Waals surface area contributed by atoms with Crippen molar-refractivity contribution < 1.29 is 9.52 Å². The first kappa shape index (κ1) is 22.2. The Morgan fingerprint density at radius 3 is 1.69 bits per heavy atom. The maximum atomic E-state index is 12.0. The van der Waals surface area contributed by atoms with Crippen molar-refractivity contribution in [3.05, 3.63) is 125 Å². The Labute approximate surface area is 197 Å². The first-order valence-electron chi connectivity index (χ1n) is 10.1. The Morgan fingerprint density at radius 1 is 0.656 bits per heavy atom. The molecular weight excluding hydrogens is 526 g/mol. The van der Waals surface area contributed by atoms with Crippen molar-refractivity contribution >= 4 is 45.7 Å². The molecule has 3 nitrogen and oxygen atoms in total. The Kier molecular flexibility index (Phi) is 7.30. The van der Waals surface area contributed by atoms with Crippen LogP contribution in [0.25, 0.3) is 22.3 Å². The maximum absolute atomic E-state index is 12.0. The van der Waals surface area contributed by atoms with Crippen LogP contribution in [0.4, 0.5) is 0 Å². The van der Waals surface area contributed by atoms with Gasteiger partial charge in [-0.05, 0) is 12.1 Å². The van der Waals surface area contributed by atoms with Gasteiger partial charge in [0.15, 0.2) is 5.76 Å². The first-order chi connectivity index (χ1) is 15.6. The standard InChI is InChI=1S/C15H10O3.2C6H5.ClH.Sn/c16-13-11-8-4-5-9-12(11)18-15(14(13)17)10-6-2-1-3-7-10;2*1-2-4-6-5-3-1;;/h1-9,17H;2*1-5H;1H;/q;;;;+1/p-1. The van der Waals surface area contributed by atoms with E-state index in [1.807, 2.05) is 30.3 Å². The zero-order chi connectivity index (χ0) is 22.3. The molecule has 5 aromatic rings. The number of benzene rings is 4. The predicted octanol–water partition coefficient (Wildman–Crippen LogP) is 5.20. The topological polar surface area (TPSA) is 50.4 Å². The summed E-state index contributed by atoms with van der Waals surface area (Å²) in [4.78, 5) is 12.0. The quantitative estimate of drug-likeness (QED) is 0.317. The number of para-hydroxylation sites is 1. The average molecular weight is 547 g/mol. The molecule has 0 amide bonds. The fourth-order valence-corrected chi connectivity index (χ4v) is 8.66. The number of hydrogen-bond acceptors (Lipinski definition) is 3. The predicted molar refractivity (Wildman–Crippen MR) is 133 cm³/mol. The van der Waals surface area contributed by atoms with Crippen LogP contribution < -0.4 is 12.6 Å². The summed E-state index contributed by atoms with van der Waals surface area (Å²) in [6.45, 7) is 0. The van der Waals surface area contributed by atoms with Crippen molar-refractivity contribution in [2.45, 2.75) is 0 Å². The van der Waals surface area contributed by atoms with E-state index in [0.29, 0.717) is 16.5 Å². The van der Waals surface area contributed by atoms with E-state index < -0.39 is 24.1 Å². The zero-order valence-corrected chi connectivity index (χ0v) is 20.7. The normalized spacial score (nSPS) is 10.6. The Bertz CT molecular complexity index is 1310. The van der Waals surface area contributed by atoms with Gasteiger partial charge in [0.25, 0.3) is 0 Å². The number of aromatic hydroxyl groups is 1. The molecule has 0 spiro atoms. The van der Waals surface area contributed by atoms with Gasteiger partial charge in [0.2, 0.25) is 11.2 Å².